The average molecular weight is 443 g/mol. The predicted molar refractivity (Wildman–Crippen MR) is 134 cm³/mol. The van der Waals surface area contributed by atoms with E-state index in [2.05, 4.69) is 47.4 Å². The lowest BCUT2D eigenvalue weighted by molar-refractivity contribution is 0.0526. The monoisotopic (exact) mass is 442 g/mol. The molecule has 0 amide bonds. The molecule has 0 radical (unpaired) electrons. The molecule has 3 aromatic rings. The first-order valence-electron chi connectivity index (χ1n) is 10.7. The molecule has 0 aliphatic rings. The second-order valence-corrected chi connectivity index (χ2v) is 7.37. The fraction of sp³-hybridized carbons (Fsp3) is 0.129. The summed E-state index contributed by atoms with van der Waals surface area (Å²) in [4.78, 5) is 12.3. The molecule has 164 valence electrons. The number of carbonyl (C=O) groups excluding carboxylic acids is 1. The second-order valence-electron chi connectivity index (χ2n) is 7.37. The van der Waals surface area contributed by atoms with Crippen molar-refractivity contribution in [2.24, 2.45) is 0 Å². The number of hydrogen-bond acceptors (Lipinski definition) is 3. The van der Waals surface area contributed by atoms with Crippen LogP contribution in [0.1, 0.15) is 50.7 Å². The van der Waals surface area contributed by atoms with E-state index in [1.54, 1.807) is 6.92 Å². The number of benzene rings is 3. The summed E-state index contributed by atoms with van der Waals surface area (Å²) in [6, 6.07) is 18.5. The van der Waals surface area contributed by atoms with E-state index in [9.17, 15) is 9.90 Å². The zero-order valence-corrected chi connectivity index (χ0v) is 19.2. The number of phenols is 1. The zero-order valence-electron chi connectivity index (χ0n) is 19.2. The first-order chi connectivity index (χ1) is 16.5. The van der Waals surface area contributed by atoms with E-state index in [-0.39, 0.29) is 29.0 Å². The summed E-state index contributed by atoms with van der Waals surface area (Å²) in [6.07, 6.45) is 0. The van der Waals surface area contributed by atoms with Gasteiger partial charge in [0.15, 0.2) is 0 Å². The lowest BCUT2D eigenvalue weighted by Gasteiger charge is -2.06. The van der Waals surface area contributed by atoms with Crippen molar-refractivity contribution in [2.75, 3.05) is 6.61 Å². The van der Waals surface area contributed by atoms with Gasteiger partial charge in [-0.1, -0.05) is 47.2 Å². The number of hydrogen-bond donors (Lipinski definition) is 1. The predicted octanol–water partition coefficient (Wildman–Crippen LogP) is 4.99. The maximum Gasteiger partial charge on any atom is 0.338 e. The molecule has 34 heavy (non-hydrogen) atoms. The van der Waals surface area contributed by atoms with Crippen LogP contribution in [0.25, 0.3) is 0 Å². The van der Waals surface area contributed by atoms with Gasteiger partial charge >= 0.3 is 5.97 Å². The van der Waals surface area contributed by atoms with Crippen LogP contribution in [0.2, 0.25) is 0 Å². The minimum Gasteiger partial charge on any atom is -0.505 e. The van der Waals surface area contributed by atoms with Gasteiger partial charge in [-0.25, -0.2) is 4.79 Å². The van der Waals surface area contributed by atoms with Crippen LogP contribution >= 0.6 is 0 Å². The Hall–Kier alpha value is -4.83. The Morgan fingerprint density at radius 3 is 1.56 bits per heavy atom. The quantitative estimate of drug-likeness (QED) is 0.449. The summed E-state index contributed by atoms with van der Waals surface area (Å²) in [5, 5.41) is 10.7. The van der Waals surface area contributed by atoms with Crippen LogP contribution < -0.4 is 0 Å². The van der Waals surface area contributed by atoms with Crippen LogP contribution in [-0.2, 0) is 4.74 Å². The smallest absolute Gasteiger partial charge is 0.338 e. The minimum absolute atomic E-state index is 0.137. The Morgan fingerprint density at radius 2 is 1.15 bits per heavy atom. The van der Waals surface area contributed by atoms with Crippen LogP contribution in [-0.4, -0.2) is 17.7 Å². The molecular formula is C31H22O3. The van der Waals surface area contributed by atoms with Crippen LogP contribution in [0.5, 0.6) is 5.75 Å². The summed E-state index contributed by atoms with van der Waals surface area (Å²) in [5.41, 5.74) is 4.68. The van der Waals surface area contributed by atoms with Gasteiger partial charge in [-0.3, -0.25) is 0 Å². The standard InChI is InChI=1S/C31H22O3/c1-4-34-31(33)29-21-27(11-7-5-9-25-17-13-23(2)14-18-25)30(32)28(22-29)12-8-6-10-26-19-15-24(3)16-20-26/h13-22,32H,4H2,1-3H3. The fourth-order valence-corrected chi connectivity index (χ4v) is 2.84. The average Bonchev–Trinajstić information content (AvgIpc) is 2.83. The van der Waals surface area contributed by atoms with Gasteiger partial charge < -0.3 is 9.84 Å². The summed E-state index contributed by atoms with van der Waals surface area (Å²) in [6.45, 7) is 5.96. The summed E-state index contributed by atoms with van der Waals surface area (Å²) in [7, 11) is 0. The lowest BCUT2D eigenvalue weighted by Crippen LogP contribution is -2.05. The van der Waals surface area contributed by atoms with Crippen molar-refractivity contribution < 1.29 is 14.6 Å². The normalized spacial score (nSPS) is 9.03. The van der Waals surface area contributed by atoms with Crippen molar-refractivity contribution in [3.05, 3.63) is 99.6 Å². The summed E-state index contributed by atoms with van der Waals surface area (Å²) in [5.74, 6) is 21.8. The molecule has 0 heterocycles. The molecule has 0 fully saturated rings. The fourth-order valence-electron chi connectivity index (χ4n) is 2.84. The lowest BCUT2D eigenvalue weighted by atomic mass is 10.0. The molecule has 0 spiro atoms. The molecule has 3 heteroatoms. The zero-order chi connectivity index (χ0) is 24.3. The van der Waals surface area contributed by atoms with E-state index < -0.39 is 5.97 Å². The van der Waals surface area contributed by atoms with E-state index in [0.717, 1.165) is 22.3 Å². The Balaban J connectivity index is 1.93. The van der Waals surface area contributed by atoms with Crippen molar-refractivity contribution in [1.82, 2.24) is 0 Å². The van der Waals surface area contributed by atoms with Gasteiger partial charge in [0.1, 0.15) is 5.75 Å². The van der Waals surface area contributed by atoms with Gasteiger partial charge in [-0.15, -0.1) is 0 Å². The van der Waals surface area contributed by atoms with Gasteiger partial charge in [-0.2, -0.15) is 0 Å². The first-order valence-corrected chi connectivity index (χ1v) is 10.7. The van der Waals surface area contributed by atoms with E-state index in [1.165, 1.54) is 12.1 Å². The summed E-state index contributed by atoms with van der Waals surface area (Å²) >= 11 is 0. The molecule has 0 atom stereocenters. The highest BCUT2D eigenvalue weighted by atomic mass is 16.5. The molecule has 0 saturated carbocycles. The van der Waals surface area contributed by atoms with Crippen molar-refractivity contribution in [3.8, 4) is 53.1 Å². The largest absolute Gasteiger partial charge is 0.505 e. The molecule has 0 saturated heterocycles. The number of esters is 1. The Labute approximate surface area is 200 Å². The number of ether oxygens (including phenoxy) is 1. The maximum absolute atomic E-state index is 12.3. The van der Waals surface area contributed by atoms with Gasteiger partial charge in [0.05, 0.1) is 23.3 Å². The Bertz CT molecular complexity index is 1340. The van der Waals surface area contributed by atoms with E-state index in [4.69, 9.17) is 4.74 Å². The van der Waals surface area contributed by atoms with Crippen LogP contribution in [0.4, 0.5) is 0 Å². The molecule has 0 aromatic heterocycles. The van der Waals surface area contributed by atoms with Crippen LogP contribution in [0.3, 0.4) is 0 Å². The number of phenolic OH excluding ortho intramolecular Hbond substituents is 1. The van der Waals surface area contributed by atoms with Crippen molar-refractivity contribution in [1.29, 1.82) is 0 Å². The molecular weight excluding hydrogens is 420 g/mol. The highest BCUT2D eigenvalue weighted by Crippen LogP contribution is 2.24. The molecule has 0 aliphatic carbocycles. The van der Waals surface area contributed by atoms with E-state index >= 15 is 0 Å². The molecule has 0 unspecified atom stereocenters. The minimum atomic E-state index is -0.523. The van der Waals surface area contributed by atoms with Crippen LogP contribution in [0.15, 0.2) is 60.7 Å². The topological polar surface area (TPSA) is 46.5 Å². The molecule has 3 nitrogen and oxygen atoms in total. The van der Waals surface area contributed by atoms with Crippen molar-refractivity contribution >= 4 is 5.97 Å². The van der Waals surface area contributed by atoms with Crippen LogP contribution in [0, 0.1) is 61.2 Å². The molecule has 1 N–H and O–H groups in total. The Morgan fingerprint density at radius 1 is 0.735 bits per heavy atom. The van der Waals surface area contributed by atoms with Gasteiger partial charge in [-0.05, 0) is 92.7 Å². The van der Waals surface area contributed by atoms with E-state index in [1.807, 2.05) is 62.4 Å². The molecule has 0 bridgehead atoms. The van der Waals surface area contributed by atoms with Crippen molar-refractivity contribution in [2.45, 2.75) is 20.8 Å². The van der Waals surface area contributed by atoms with Crippen molar-refractivity contribution in [3.63, 3.8) is 0 Å². The number of aryl methyl sites for hydroxylation is 2. The third-order valence-corrected chi connectivity index (χ3v) is 4.66. The Kier molecular flexibility index (Phi) is 8.19. The summed E-state index contributed by atoms with van der Waals surface area (Å²) < 4.78 is 5.09. The first kappa shape index (κ1) is 23.8. The van der Waals surface area contributed by atoms with Gasteiger partial charge in [0.2, 0.25) is 0 Å². The third-order valence-electron chi connectivity index (χ3n) is 4.66. The molecule has 3 aromatic carbocycles. The number of carbonyl (C=O) groups is 1. The van der Waals surface area contributed by atoms with E-state index in [0.29, 0.717) is 0 Å². The third kappa shape index (κ3) is 6.84. The van der Waals surface area contributed by atoms with Gasteiger partial charge in [0.25, 0.3) is 0 Å². The number of rotatable bonds is 2. The van der Waals surface area contributed by atoms with Gasteiger partial charge in [0, 0.05) is 11.1 Å². The highest BCUT2D eigenvalue weighted by Gasteiger charge is 2.13. The highest BCUT2D eigenvalue weighted by molar-refractivity contribution is 5.91. The second kappa shape index (κ2) is 11.7. The maximum atomic E-state index is 12.3. The molecule has 0 aliphatic heterocycles. The molecule has 3 rings (SSSR count). The SMILES string of the molecule is CCOC(=O)c1cc(C#CC#Cc2ccc(C)cc2)c(O)c(C#CC#Cc2ccc(C)cc2)c1. The number of aromatic hydroxyl groups is 1.